The van der Waals surface area contributed by atoms with Crippen LogP contribution in [0.4, 0.5) is 0 Å². The number of sulfonamides is 1. The maximum Gasteiger partial charge on any atom is 0.243 e. The van der Waals surface area contributed by atoms with E-state index >= 15 is 0 Å². The molecule has 1 aliphatic carbocycles. The molecule has 1 amide bonds. The Balaban J connectivity index is 1.71. The van der Waals surface area contributed by atoms with Crippen molar-refractivity contribution in [1.82, 2.24) is 19.8 Å². The third kappa shape index (κ3) is 5.68. The van der Waals surface area contributed by atoms with E-state index in [4.69, 9.17) is 4.74 Å². The molecule has 0 bridgehead atoms. The monoisotopic (exact) mass is 434 g/mol. The number of aryl methyl sites for hydroxylation is 1. The van der Waals surface area contributed by atoms with Crippen molar-refractivity contribution >= 4 is 15.9 Å². The Kier molecular flexibility index (Phi) is 7.27. The minimum atomic E-state index is -3.73. The van der Waals surface area contributed by atoms with Crippen molar-refractivity contribution < 1.29 is 17.9 Å². The highest BCUT2D eigenvalue weighted by molar-refractivity contribution is 7.89. The van der Waals surface area contributed by atoms with Crippen LogP contribution < -0.4 is 10.0 Å². The number of rotatable bonds is 9. The van der Waals surface area contributed by atoms with Gasteiger partial charge in [-0.15, -0.1) is 0 Å². The lowest BCUT2D eigenvalue weighted by atomic mass is 9.82. The summed E-state index contributed by atoms with van der Waals surface area (Å²) in [6.07, 6.45) is 7.98. The highest BCUT2D eigenvalue weighted by atomic mass is 32.2. The summed E-state index contributed by atoms with van der Waals surface area (Å²) in [4.78, 5) is 13.0. The fraction of sp³-hybridized carbons (Fsp3) is 0.524. The van der Waals surface area contributed by atoms with Crippen LogP contribution in [0.2, 0.25) is 0 Å². The number of nitrogens with zero attached hydrogens (tertiary/aromatic N) is 2. The molecule has 1 heterocycles. The first-order valence-electron chi connectivity index (χ1n) is 10.2. The Hall–Kier alpha value is -2.23. The molecule has 8 nitrogen and oxygen atoms in total. The second-order valence-corrected chi connectivity index (χ2v) is 9.62. The molecule has 2 aromatic rings. The minimum absolute atomic E-state index is 0.0347. The van der Waals surface area contributed by atoms with Crippen LogP contribution >= 0.6 is 0 Å². The third-order valence-electron chi connectivity index (χ3n) is 5.69. The van der Waals surface area contributed by atoms with Gasteiger partial charge in [-0.2, -0.15) is 5.10 Å². The Bertz CT molecular complexity index is 937. The van der Waals surface area contributed by atoms with E-state index in [0.717, 1.165) is 37.7 Å². The molecule has 1 aromatic heterocycles. The lowest BCUT2D eigenvalue weighted by Crippen LogP contribution is -2.43. The highest BCUT2D eigenvalue weighted by Gasteiger charge is 2.35. The zero-order valence-electron chi connectivity index (χ0n) is 17.5. The van der Waals surface area contributed by atoms with E-state index in [9.17, 15) is 13.2 Å². The number of hydrogen-bond acceptors (Lipinski definition) is 5. The van der Waals surface area contributed by atoms with Crippen LogP contribution in [0.25, 0.3) is 0 Å². The number of hydrogen-bond donors (Lipinski definition) is 2. The van der Waals surface area contributed by atoms with Gasteiger partial charge in [-0.25, -0.2) is 13.1 Å². The molecule has 0 saturated heterocycles. The van der Waals surface area contributed by atoms with Crippen molar-refractivity contribution in [3.05, 3.63) is 48.3 Å². The summed E-state index contributed by atoms with van der Waals surface area (Å²) in [6.45, 7) is 0.0347. The number of nitrogens with one attached hydrogen (secondary N) is 2. The van der Waals surface area contributed by atoms with Gasteiger partial charge < -0.3 is 10.1 Å². The van der Waals surface area contributed by atoms with E-state index in [1.165, 1.54) is 17.1 Å². The second-order valence-electron chi connectivity index (χ2n) is 7.86. The van der Waals surface area contributed by atoms with E-state index in [1.54, 1.807) is 14.2 Å². The molecule has 0 aliphatic heterocycles. The smallest absolute Gasteiger partial charge is 0.243 e. The van der Waals surface area contributed by atoms with Crippen LogP contribution in [0.5, 0.6) is 0 Å². The summed E-state index contributed by atoms with van der Waals surface area (Å²) in [5.41, 5.74) is 0.397. The molecule has 3 rings (SSSR count). The number of amides is 1. The van der Waals surface area contributed by atoms with Crippen LogP contribution in [0.15, 0.2) is 47.6 Å². The Morgan fingerprint density at radius 1 is 1.23 bits per heavy atom. The van der Waals surface area contributed by atoms with Gasteiger partial charge in [-0.05, 0) is 18.4 Å². The van der Waals surface area contributed by atoms with Gasteiger partial charge in [0.05, 0.1) is 24.3 Å². The molecule has 30 heavy (non-hydrogen) atoms. The first kappa shape index (κ1) is 22.5. The van der Waals surface area contributed by atoms with E-state index in [1.807, 2.05) is 30.3 Å². The summed E-state index contributed by atoms with van der Waals surface area (Å²) < 4.78 is 34.9. The van der Waals surface area contributed by atoms with Crippen molar-refractivity contribution in [3.63, 3.8) is 0 Å². The fourth-order valence-electron chi connectivity index (χ4n) is 3.94. The minimum Gasteiger partial charge on any atom is -0.378 e. The van der Waals surface area contributed by atoms with Crippen molar-refractivity contribution in [2.45, 2.75) is 55.1 Å². The normalized spacial score (nSPS) is 17.4. The first-order valence-corrected chi connectivity index (χ1v) is 11.7. The van der Waals surface area contributed by atoms with Crippen molar-refractivity contribution in [1.29, 1.82) is 0 Å². The predicted molar refractivity (Wildman–Crippen MR) is 113 cm³/mol. The van der Waals surface area contributed by atoms with Crippen molar-refractivity contribution in [2.24, 2.45) is 7.05 Å². The van der Waals surface area contributed by atoms with Gasteiger partial charge in [-0.3, -0.25) is 9.48 Å². The van der Waals surface area contributed by atoms with Crippen molar-refractivity contribution in [2.75, 3.05) is 13.7 Å². The Morgan fingerprint density at radius 3 is 2.53 bits per heavy atom. The number of aromatic nitrogens is 2. The largest absolute Gasteiger partial charge is 0.378 e. The maximum absolute atomic E-state index is 12.9. The Labute approximate surface area is 178 Å². The number of benzene rings is 1. The fourth-order valence-corrected chi connectivity index (χ4v) is 4.97. The molecular weight excluding hydrogens is 404 g/mol. The molecule has 1 unspecified atom stereocenters. The van der Waals surface area contributed by atoms with Gasteiger partial charge in [0.25, 0.3) is 0 Å². The lowest BCUT2D eigenvalue weighted by molar-refractivity contribution is -0.130. The Morgan fingerprint density at radius 2 is 1.93 bits per heavy atom. The van der Waals surface area contributed by atoms with Crippen LogP contribution in [-0.2, 0) is 26.6 Å². The summed E-state index contributed by atoms with van der Waals surface area (Å²) >= 11 is 0. The van der Waals surface area contributed by atoms with E-state index in [0.29, 0.717) is 0 Å². The summed E-state index contributed by atoms with van der Waals surface area (Å²) in [6, 6.07) is 8.85. The molecule has 2 N–H and O–H groups in total. The van der Waals surface area contributed by atoms with Gasteiger partial charge in [-0.1, -0.05) is 49.6 Å². The number of carbonyl (C=O) groups is 1. The van der Waals surface area contributed by atoms with Crippen LogP contribution in [0, 0.1) is 0 Å². The van der Waals surface area contributed by atoms with Gasteiger partial charge >= 0.3 is 0 Å². The van der Waals surface area contributed by atoms with Gasteiger partial charge in [0.15, 0.2) is 0 Å². The van der Waals surface area contributed by atoms with Crippen LogP contribution in [-0.4, -0.2) is 43.4 Å². The SMILES string of the molecule is COC1(CC(=O)NC(CNS(=O)(=O)c2cnn(C)c2)c2ccccc2)CCCCC1. The topological polar surface area (TPSA) is 102 Å². The van der Waals surface area contributed by atoms with E-state index in [-0.39, 0.29) is 23.8 Å². The number of methoxy groups -OCH3 is 1. The van der Waals surface area contributed by atoms with Crippen molar-refractivity contribution in [3.8, 4) is 0 Å². The molecule has 0 radical (unpaired) electrons. The van der Waals surface area contributed by atoms with E-state index < -0.39 is 21.7 Å². The first-order chi connectivity index (χ1) is 14.3. The standard InChI is InChI=1S/C21H30N4O4S/c1-25-16-18(14-22-25)30(27,28)23-15-19(17-9-5-3-6-10-17)24-20(26)13-21(29-2)11-7-4-8-12-21/h3,5-6,9-10,14,16,19,23H,4,7-8,11-13,15H2,1-2H3,(H,24,26). The lowest BCUT2D eigenvalue weighted by Gasteiger charge is -2.36. The highest BCUT2D eigenvalue weighted by Crippen LogP contribution is 2.34. The van der Waals surface area contributed by atoms with Gasteiger partial charge in [0.1, 0.15) is 4.90 Å². The molecular formula is C21H30N4O4S. The molecule has 1 aliphatic rings. The average molecular weight is 435 g/mol. The molecule has 9 heteroatoms. The van der Waals surface area contributed by atoms with Crippen LogP contribution in [0.1, 0.15) is 50.1 Å². The predicted octanol–water partition coefficient (Wildman–Crippen LogP) is 2.30. The zero-order chi connectivity index (χ0) is 21.6. The van der Waals surface area contributed by atoms with E-state index in [2.05, 4.69) is 15.1 Å². The summed E-state index contributed by atoms with van der Waals surface area (Å²) in [5, 5.41) is 6.91. The number of carbonyl (C=O) groups excluding carboxylic acids is 1. The molecule has 1 saturated carbocycles. The zero-order valence-corrected chi connectivity index (χ0v) is 18.3. The summed E-state index contributed by atoms with van der Waals surface area (Å²) in [7, 11) is -0.414. The van der Waals surface area contributed by atoms with Gasteiger partial charge in [0.2, 0.25) is 15.9 Å². The number of ether oxygens (including phenoxy) is 1. The quantitative estimate of drug-likeness (QED) is 0.630. The third-order valence-corrected chi connectivity index (χ3v) is 7.06. The average Bonchev–Trinajstić information content (AvgIpc) is 3.20. The van der Waals surface area contributed by atoms with Gasteiger partial charge in [0, 0.05) is 26.9 Å². The second kappa shape index (κ2) is 9.72. The molecule has 164 valence electrons. The maximum atomic E-state index is 12.9. The van der Waals surface area contributed by atoms with Crippen LogP contribution in [0.3, 0.4) is 0 Å². The summed E-state index contributed by atoms with van der Waals surface area (Å²) in [5.74, 6) is -0.145. The molecule has 1 fully saturated rings. The molecule has 1 aromatic carbocycles. The molecule has 0 spiro atoms. The molecule has 1 atom stereocenters.